The van der Waals surface area contributed by atoms with Crippen molar-refractivity contribution < 1.29 is 14.6 Å². The molecule has 1 saturated heterocycles. The minimum absolute atomic E-state index is 0.0321. The molecule has 1 heterocycles. The number of carbonyl (C=O) groups is 1. The topological polar surface area (TPSA) is 61.8 Å². The van der Waals surface area contributed by atoms with Crippen molar-refractivity contribution in [1.29, 1.82) is 0 Å². The maximum absolute atomic E-state index is 12.2. The van der Waals surface area contributed by atoms with Crippen LogP contribution in [0.5, 0.6) is 5.75 Å². The first-order chi connectivity index (χ1) is 10.7. The molecule has 122 valence electrons. The van der Waals surface area contributed by atoms with Crippen LogP contribution in [-0.4, -0.2) is 47.9 Å². The Morgan fingerprint density at radius 3 is 2.95 bits per heavy atom. The number of ether oxygens (including phenoxy) is 1. The number of hydrogen-bond donors (Lipinski definition) is 2. The van der Waals surface area contributed by atoms with Gasteiger partial charge in [-0.3, -0.25) is 0 Å². The summed E-state index contributed by atoms with van der Waals surface area (Å²) in [7, 11) is 0. The van der Waals surface area contributed by atoms with Crippen LogP contribution in [-0.2, 0) is 0 Å². The van der Waals surface area contributed by atoms with Gasteiger partial charge in [-0.25, -0.2) is 4.79 Å². The summed E-state index contributed by atoms with van der Waals surface area (Å²) < 4.78 is 5.98. The highest BCUT2D eigenvalue weighted by Crippen LogP contribution is 2.19. The van der Waals surface area contributed by atoms with E-state index in [1.165, 1.54) is 0 Å². The summed E-state index contributed by atoms with van der Waals surface area (Å²) in [6, 6.07) is 7.73. The summed E-state index contributed by atoms with van der Waals surface area (Å²) in [4.78, 5) is 13.9. The van der Waals surface area contributed by atoms with Crippen LogP contribution in [0.4, 0.5) is 4.79 Å². The summed E-state index contributed by atoms with van der Waals surface area (Å²) in [6.45, 7) is 5.27. The fraction of sp³-hybridized carbons (Fsp3) is 0.588. The number of aliphatic hydroxyl groups excluding tert-OH is 1. The first-order valence-corrected chi connectivity index (χ1v) is 8.03. The third-order valence-corrected chi connectivity index (χ3v) is 4.17. The molecule has 1 aromatic rings. The summed E-state index contributed by atoms with van der Waals surface area (Å²) in [5.41, 5.74) is 1.09. The van der Waals surface area contributed by atoms with Gasteiger partial charge in [-0.1, -0.05) is 25.1 Å². The van der Waals surface area contributed by atoms with E-state index in [0.717, 1.165) is 30.6 Å². The van der Waals surface area contributed by atoms with E-state index >= 15 is 0 Å². The van der Waals surface area contributed by atoms with Crippen molar-refractivity contribution in [3.63, 3.8) is 0 Å². The Balaban J connectivity index is 1.86. The first-order valence-electron chi connectivity index (χ1n) is 8.03. The highest BCUT2D eigenvalue weighted by atomic mass is 16.5. The molecule has 2 amide bonds. The van der Waals surface area contributed by atoms with Gasteiger partial charge >= 0.3 is 6.03 Å². The molecule has 5 heteroatoms. The maximum atomic E-state index is 12.2. The molecule has 2 atom stereocenters. The Hall–Kier alpha value is -1.75. The molecule has 5 nitrogen and oxygen atoms in total. The molecule has 22 heavy (non-hydrogen) atoms. The van der Waals surface area contributed by atoms with Crippen LogP contribution in [0.2, 0.25) is 0 Å². The van der Waals surface area contributed by atoms with Gasteiger partial charge in [-0.05, 0) is 37.8 Å². The largest absolute Gasteiger partial charge is 0.488 e. The molecule has 1 fully saturated rings. The highest BCUT2D eigenvalue weighted by Gasteiger charge is 2.28. The summed E-state index contributed by atoms with van der Waals surface area (Å²) in [5.74, 6) is 0.859. The van der Waals surface area contributed by atoms with E-state index in [0.29, 0.717) is 13.1 Å². The van der Waals surface area contributed by atoms with Gasteiger partial charge in [0.1, 0.15) is 11.9 Å². The predicted molar refractivity (Wildman–Crippen MR) is 86.1 cm³/mol. The van der Waals surface area contributed by atoms with Crippen LogP contribution >= 0.6 is 0 Å². The summed E-state index contributed by atoms with van der Waals surface area (Å²) in [6.07, 6.45) is 2.59. The number of aryl methyl sites for hydroxylation is 1. The number of hydrogen-bond acceptors (Lipinski definition) is 3. The third-order valence-electron chi connectivity index (χ3n) is 4.17. The van der Waals surface area contributed by atoms with E-state index in [9.17, 15) is 9.90 Å². The van der Waals surface area contributed by atoms with E-state index in [1.54, 1.807) is 4.90 Å². The highest BCUT2D eigenvalue weighted by molar-refractivity contribution is 5.74. The lowest BCUT2D eigenvalue weighted by Gasteiger charge is -2.25. The van der Waals surface area contributed by atoms with E-state index < -0.39 is 0 Å². The molecular weight excluding hydrogens is 280 g/mol. The van der Waals surface area contributed by atoms with Crippen molar-refractivity contribution in [2.75, 3.05) is 19.7 Å². The zero-order valence-electron chi connectivity index (χ0n) is 13.4. The predicted octanol–water partition coefficient (Wildman–Crippen LogP) is 2.32. The quantitative estimate of drug-likeness (QED) is 0.848. The molecule has 1 aliphatic heterocycles. The average molecular weight is 306 g/mol. The number of likely N-dealkylation sites (tertiary alicyclic amines) is 1. The van der Waals surface area contributed by atoms with Gasteiger partial charge in [0, 0.05) is 6.54 Å². The SMILES string of the molecule is CCC(CNC(=O)N1CCCC1CO)Oc1ccccc1C. The van der Waals surface area contributed by atoms with Crippen LogP contribution in [0.15, 0.2) is 24.3 Å². The Morgan fingerprint density at radius 1 is 1.50 bits per heavy atom. The number of amides is 2. The molecule has 2 rings (SSSR count). The van der Waals surface area contributed by atoms with Crippen LogP contribution in [0.1, 0.15) is 31.7 Å². The number of para-hydroxylation sites is 1. The second-order valence-electron chi connectivity index (χ2n) is 5.77. The summed E-state index contributed by atoms with van der Waals surface area (Å²) in [5, 5.41) is 12.2. The number of nitrogens with zero attached hydrogens (tertiary/aromatic N) is 1. The molecule has 0 radical (unpaired) electrons. The van der Waals surface area contributed by atoms with Gasteiger partial charge in [0.15, 0.2) is 0 Å². The Bertz CT molecular complexity index is 493. The van der Waals surface area contributed by atoms with Gasteiger partial charge in [-0.15, -0.1) is 0 Å². The van der Waals surface area contributed by atoms with Gasteiger partial charge < -0.3 is 20.1 Å². The van der Waals surface area contributed by atoms with Gasteiger partial charge in [0.2, 0.25) is 0 Å². The Morgan fingerprint density at radius 2 is 2.27 bits per heavy atom. The second kappa shape index (κ2) is 8.03. The number of benzene rings is 1. The van der Waals surface area contributed by atoms with Gasteiger partial charge in [-0.2, -0.15) is 0 Å². The molecule has 2 N–H and O–H groups in total. The van der Waals surface area contributed by atoms with Crippen molar-refractivity contribution in [3.05, 3.63) is 29.8 Å². The third kappa shape index (κ3) is 4.13. The van der Waals surface area contributed by atoms with E-state index in [4.69, 9.17) is 4.74 Å². The lowest BCUT2D eigenvalue weighted by atomic mass is 10.2. The minimum Gasteiger partial charge on any atom is -0.488 e. The second-order valence-corrected chi connectivity index (χ2v) is 5.77. The van der Waals surface area contributed by atoms with Crippen molar-refractivity contribution in [2.24, 2.45) is 0 Å². The number of nitrogens with one attached hydrogen (secondary N) is 1. The summed E-state index contributed by atoms with van der Waals surface area (Å²) >= 11 is 0. The molecule has 0 spiro atoms. The molecule has 0 aromatic heterocycles. The maximum Gasteiger partial charge on any atom is 0.317 e. The minimum atomic E-state index is -0.108. The lowest BCUT2D eigenvalue weighted by Crippen LogP contribution is -2.46. The number of urea groups is 1. The Labute approximate surface area is 132 Å². The fourth-order valence-electron chi connectivity index (χ4n) is 2.73. The molecule has 0 saturated carbocycles. The van der Waals surface area contributed by atoms with Crippen LogP contribution in [0.3, 0.4) is 0 Å². The van der Waals surface area contributed by atoms with Crippen molar-refractivity contribution >= 4 is 6.03 Å². The van der Waals surface area contributed by atoms with E-state index in [1.807, 2.05) is 38.1 Å². The van der Waals surface area contributed by atoms with Crippen molar-refractivity contribution in [3.8, 4) is 5.75 Å². The first kappa shape index (κ1) is 16.6. The molecule has 0 aliphatic carbocycles. The average Bonchev–Trinajstić information content (AvgIpc) is 3.01. The standard InChI is InChI=1S/C17H26N2O3/c1-3-15(22-16-9-5-4-7-13(16)2)11-18-17(21)19-10-6-8-14(19)12-20/h4-5,7,9,14-15,20H,3,6,8,10-12H2,1-2H3,(H,18,21). The van der Waals surface area contributed by atoms with E-state index in [-0.39, 0.29) is 24.8 Å². The number of carbonyl (C=O) groups excluding carboxylic acids is 1. The molecule has 2 unspecified atom stereocenters. The van der Waals surface area contributed by atoms with Gasteiger partial charge in [0.05, 0.1) is 19.2 Å². The van der Waals surface area contributed by atoms with Crippen LogP contribution in [0.25, 0.3) is 0 Å². The van der Waals surface area contributed by atoms with Crippen LogP contribution < -0.4 is 10.1 Å². The van der Waals surface area contributed by atoms with Gasteiger partial charge in [0.25, 0.3) is 0 Å². The fourth-order valence-corrected chi connectivity index (χ4v) is 2.73. The van der Waals surface area contributed by atoms with Crippen molar-refractivity contribution in [1.82, 2.24) is 10.2 Å². The Kier molecular flexibility index (Phi) is 6.07. The zero-order chi connectivity index (χ0) is 15.9. The molecule has 1 aliphatic rings. The molecule has 0 bridgehead atoms. The smallest absolute Gasteiger partial charge is 0.317 e. The number of aliphatic hydroxyl groups is 1. The monoisotopic (exact) mass is 306 g/mol. The molecule has 1 aromatic carbocycles. The number of rotatable bonds is 6. The lowest BCUT2D eigenvalue weighted by molar-refractivity contribution is 0.148. The van der Waals surface area contributed by atoms with E-state index in [2.05, 4.69) is 5.32 Å². The zero-order valence-corrected chi connectivity index (χ0v) is 13.4. The molecular formula is C17H26N2O3. The van der Waals surface area contributed by atoms with Crippen molar-refractivity contribution in [2.45, 2.75) is 45.3 Å². The van der Waals surface area contributed by atoms with Crippen LogP contribution in [0, 0.1) is 6.92 Å². The normalized spacial score (nSPS) is 19.0.